The Morgan fingerprint density at radius 3 is 2.22 bits per heavy atom. The van der Waals surface area contributed by atoms with Crippen LogP contribution >= 0.6 is 0 Å². The van der Waals surface area contributed by atoms with Crippen LogP contribution in [-0.2, 0) is 0 Å². The molecule has 1 aromatic heterocycles. The van der Waals surface area contributed by atoms with Crippen molar-refractivity contribution in [3.05, 3.63) is 78.5 Å². The Morgan fingerprint density at radius 1 is 0.696 bits per heavy atom. The summed E-state index contributed by atoms with van der Waals surface area (Å²) >= 11 is 0. The molecule has 0 amide bonds. The zero-order valence-corrected chi connectivity index (χ0v) is 13.5. The van der Waals surface area contributed by atoms with Crippen LogP contribution in [0, 0.1) is 0 Å². The number of fused-ring (bicyclic) bond motifs is 2. The molecule has 1 heterocycles. The van der Waals surface area contributed by atoms with Crippen LogP contribution in [0.3, 0.4) is 0 Å². The maximum atomic E-state index is 4.39. The Hall–Kier alpha value is -2.67. The molecular formula is C22H19N. The number of benzene rings is 3. The Morgan fingerprint density at radius 2 is 1.39 bits per heavy atom. The number of nitrogens with zero attached hydrogens (tertiary/aromatic N) is 1. The minimum atomic E-state index is 0.562. The van der Waals surface area contributed by atoms with Crippen molar-refractivity contribution >= 4 is 21.7 Å². The summed E-state index contributed by atoms with van der Waals surface area (Å²) in [6.45, 7) is 4.47. The molecule has 0 radical (unpaired) electrons. The van der Waals surface area contributed by atoms with Crippen LogP contribution in [-0.4, -0.2) is 4.98 Å². The third kappa shape index (κ3) is 2.59. The van der Waals surface area contributed by atoms with Gasteiger partial charge in [0.25, 0.3) is 0 Å². The SMILES string of the molecule is CC(C)c1ccc2cc(-c3ccc4ncccc4c3)ccc2c1. The summed E-state index contributed by atoms with van der Waals surface area (Å²) in [6.07, 6.45) is 1.84. The molecule has 0 fully saturated rings. The summed E-state index contributed by atoms with van der Waals surface area (Å²) in [6, 6.07) is 24.0. The molecule has 0 unspecified atom stereocenters. The highest BCUT2D eigenvalue weighted by Crippen LogP contribution is 2.28. The molecule has 23 heavy (non-hydrogen) atoms. The van der Waals surface area contributed by atoms with Crippen LogP contribution in [0.15, 0.2) is 72.9 Å². The van der Waals surface area contributed by atoms with Crippen LogP contribution < -0.4 is 0 Å². The average Bonchev–Trinajstić information content (AvgIpc) is 2.60. The van der Waals surface area contributed by atoms with Crippen LogP contribution in [0.25, 0.3) is 32.8 Å². The summed E-state index contributed by atoms with van der Waals surface area (Å²) in [5.74, 6) is 0.562. The third-order valence-electron chi connectivity index (χ3n) is 4.47. The Balaban J connectivity index is 1.82. The predicted molar refractivity (Wildman–Crippen MR) is 98.8 cm³/mol. The zero-order valence-electron chi connectivity index (χ0n) is 13.5. The number of aromatic nitrogens is 1. The summed E-state index contributed by atoms with van der Waals surface area (Å²) in [5, 5.41) is 3.78. The van der Waals surface area contributed by atoms with E-state index in [-0.39, 0.29) is 0 Å². The van der Waals surface area contributed by atoms with E-state index in [1.54, 1.807) is 0 Å². The van der Waals surface area contributed by atoms with Gasteiger partial charge in [0.1, 0.15) is 0 Å². The van der Waals surface area contributed by atoms with Gasteiger partial charge in [-0.25, -0.2) is 0 Å². The van der Waals surface area contributed by atoms with E-state index in [4.69, 9.17) is 0 Å². The maximum absolute atomic E-state index is 4.39. The first-order valence-electron chi connectivity index (χ1n) is 8.09. The average molecular weight is 297 g/mol. The molecule has 0 spiro atoms. The molecule has 0 aliphatic carbocycles. The van der Waals surface area contributed by atoms with Crippen molar-refractivity contribution in [1.29, 1.82) is 0 Å². The smallest absolute Gasteiger partial charge is 0.0702 e. The number of hydrogen-bond donors (Lipinski definition) is 0. The minimum absolute atomic E-state index is 0.562. The van der Waals surface area contributed by atoms with E-state index >= 15 is 0 Å². The van der Waals surface area contributed by atoms with Gasteiger partial charge < -0.3 is 0 Å². The second-order valence-corrected chi connectivity index (χ2v) is 6.39. The van der Waals surface area contributed by atoms with E-state index in [0.29, 0.717) is 5.92 Å². The lowest BCUT2D eigenvalue weighted by atomic mass is 9.96. The molecule has 0 aliphatic heterocycles. The van der Waals surface area contributed by atoms with E-state index in [9.17, 15) is 0 Å². The van der Waals surface area contributed by atoms with Gasteiger partial charge in [-0.3, -0.25) is 4.98 Å². The van der Waals surface area contributed by atoms with E-state index < -0.39 is 0 Å². The van der Waals surface area contributed by atoms with E-state index in [1.165, 1.54) is 32.8 Å². The molecule has 0 saturated heterocycles. The molecular weight excluding hydrogens is 278 g/mol. The van der Waals surface area contributed by atoms with Gasteiger partial charge >= 0.3 is 0 Å². The molecule has 4 rings (SSSR count). The Labute approximate surface area is 136 Å². The zero-order chi connectivity index (χ0) is 15.8. The monoisotopic (exact) mass is 297 g/mol. The lowest BCUT2D eigenvalue weighted by Crippen LogP contribution is -1.87. The first kappa shape index (κ1) is 14.0. The number of pyridine rings is 1. The maximum Gasteiger partial charge on any atom is 0.0702 e. The minimum Gasteiger partial charge on any atom is -0.256 e. The van der Waals surface area contributed by atoms with Gasteiger partial charge in [-0.15, -0.1) is 0 Å². The molecule has 0 bridgehead atoms. The van der Waals surface area contributed by atoms with Crippen LogP contribution in [0.1, 0.15) is 25.3 Å². The number of hydrogen-bond acceptors (Lipinski definition) is 1. The molecule has 112 valence electrons. The van der Waals surface area contributed by atoms with Gasteiger partial charge in [-0.1, -0.05) is 56.3 Å². The van der Waals surface area contributed by atoms with Crippen molar-refractivity contribution in [2.24, 2.45) is 0 Å². The lowest BCUT2D eigenvalue weighted by molar-refractivity contribution is 0.869. The summed E-state index contributed by atoms with van der Waals surface area (Å²) in [5.41, 5.74) is 4.92. The normalized spacial score (nSPS) is 11.4. The first-order valence-corrected chi connectivity index (χ1v) is 8.09. The fraction of sp³-hybridized carbons (Fsp3) is 0.136. The van der Waals surface area contributed by atoms with Gasteiger partial charge in [-0.2, -0.15) is 0 Å². The molecule has 1 nitrogen and oxygen atoms in total. The van der Waals surface area contributed by atoms with Gasteiger partial charge in [0.2, 0.25) is 0 Å². The molecule has 0 aliphatic rings. The first-order chi connectivity index (χ1) is 11.2. The van der Waals surface area contributed by atoms with Gasteiger partial charge in [-0.05, 0) is 57.6 Å². The largest absolute Gasteiger partial charge is 0.256 e. The van der Waals surface area contributed by atoms with Crippen molar-refractivity contribution < 1.29 is 0 Å². The highest BCUT2D eigenvalue weighted by Gasteiger charge is 2.04. The second kappa shape index (κ2) is 5.51. The van der Waals surface area contributed by atoms with E-state index in [2.05, 4.69) is 79.5 Å². The van der Waals surface area contributed by atoms with Crippen molar-refractivity contribution in [3.63, 3.8) is 0 Å². The van der Waals surface area contributed by atoms with Crippen molar-refractivity contribution in [3.8, 4) is 11.1 Å². The predicted octanol–water partition coefficient (Wildman–Crippen LogP) is 6.18. The van der Waals surface area contributed by atoms with Gasteiger partial charge in [0, 0.05) is 11.6 Å². The quantitative estimate of drug-likeness (QED) is 0.430. The summed E-state index contributed by atoms with van der Waals surface area (Å²) in [4.78, 5) is 4.39. The summed E-state index contributed by atoms with van der Waals surface area (Å²) < 4.78 is 0. The highest BCUT2D eigenvalue weighted by atomic mass is 14.6. The van der Waals surface area contributed by atoms with E-state index in [0.717, 1.165) is 5.52 Å². The Kier molecular flexibility index (Phi) is 3.34. The third-order valence-corrected chi connectivity index (χ3v) is 4.47. The standard InChI is InChI=1S/C22H19N/c1-15(2)16-5-6-18-13-19(8-7-17(18)12-16)20-9-10-22-21(14-20)4-3-11-23-22/h3-15H,1-2H3. The van der Waals surface area contributed by atoms with E-state index in [1.807, 2.05) is 12.3 Å². The molecule has 1 heteroatoms. The molecule has 0 N–H and O–H groups in total. The topological polar surface area (TPSA) is 12.9 Å². The summed E-state index contributed by atoms with van der Waals surface area (Å²) in [7, 11) is 0. The molecule has 0 atom stereocenters. The molecule has 0 saturated carbocycles. The lowest BCUT2D eigenvalue weighted by Gasteiger charge is -2.09. The van der Waals surface area contributed by atoms with Crippen LogP contribution in [0.4, 0.5) is 0 Å². The van der Waals surface area contributed by atoms with Crippen molar-refractivity contribution in [2.45, 2.75) is 19.8 Å². The second-order valence-electron chi connectivity index (χ2n) is 6.39. The molecule has 4 aromatic rings. The van der Waals surface area contributed by atoms with Crippen molar-refractivity contribution in [1.82, 2.24) is 4.98 Å². The highest BCUT2D eigenvalue weighted by molar-refractivity contribution is 5.90. The van der Waals surface area contributed by atoms with Crippen LogP contribution in [0.2, 0.25) is 0 Å². The number of rotatable bonds is 2. The Bertz CT molecular complexity index is 999. The van der Waals surface area contributed by atoms with Gasteiger partial charge in [0.05, 0.1) is 5.52 Å². The van der Waals surface area contributed by atoms with Crippen LogP contribution in [0.5, 0.6) is 0 Å². The van der Waals surface area contributed by atoms with Gasteiger partial charge in [0.15, 0.2) is 0 Å². The fourth-order valence-electron chi connectivity index (χ4n) is 3.06. The molecule has 3 aromatic carbocycles. The fourth-order valence-corrected chi connectivity index (χ4v) is 3.06. The van der Waals surface area contributed by atoms with Crippen molar-refractivity contribution in [2.75, 3.05) is 0 Å².